The molecule has 0 aromatic heterocycles. The lowest BCUT2D eigenvalue weighted by Crippen LogP contribution is -2.51. The van der Waals surface area contributed by atoms with Crippen LogP contribution in [-0.2, 0) is 26.2 Å². The van der Waals surface area contributed by atoms with Crippen molar-refractivity contribution in [1.29, 1.82) is 0 Å². The van der Waals surface area contributed by atoms with Crippen LogP contribution in [-0.4, -0.2) is 44.3 Å². The minimum Gasteiger partial charge on any atom is -0.354 e. The second-order valence-electron chi connectivity index (χ2n) is 9.27. The van der Waals surface area contributed by atoms with E-state index >= 15 is 0 Å². The Hall–Kier alpha value is -2.69. The molecule has 0 aliphatic heterocycles. The third-order valence-electron chi connectivity index (χ3n) is 6.24. The first-order chi connectivity index (χ1) is 18.5. The number of halogens is 2. The summed E-state index contributed by atoms with van der Waals surface area (Å²) < 4.78 is 30.4. The summed E-state index contributed by atoms with van der Waals surface area (Å²) in [5.74, 6) is -0.782. The molecular weight excluding hydrogens is 646 g/mol. The molecule has 0 aliphatic carbocycles. The van der Waals surface area contributed by atoms with E-state index in [1.807, 2.05) is 38.1 Å². The van der Waals surface area contributed by atoms with E-state index in [0.717, 1.165) is 37.2 Å². The average Bonchev–Trinajstić information content (AvgIpc) is 2.90. The van der Waals surface area contributed by atoms with E-state index in [0.29, 0.717) is 12.2 Å². The van der Waals surface area contributed by atoms with Crippen molar-refractivity contribution in [2.24, 2.45) is 0 Å². The second kappa shape index (κ2) is 14.1. The molecule has 0 radical (unpaired) electrons. The smallest absolute Gasteiger partial charge is 0.264 e. The van der Waals surface area contributed by atoms with Crippen molar-refractivity contribution in [3.63, 3.8) is 0 Å². The number of anilines is 1. The van der Waals surface area contributed by atoms with Crippen molar-refractivity contribution in [3.05, 3.63) is 92.9 Å². The van der Waals surface area contributed by atoms with Gasteiger partial charge in [-0.25, -0.2) is 8.42 Å². The molecule has 3 aromatic rings. The van der Waals surface area contributed by atoms with E-state index in [2.05, 4.69) is 37.2 Å². The largest absolute Gasteiger partial charge is 0.354 e. The summed E-state index contributed by atoms with van der Waals surface area (Å²) in [4.78, 5) is 28.4. The van der Waals surface area contributed by atoms with E-state index in [1.165, 1.54) is 17.0 Å². The molecule has 0 heterocycles. The predicted octanol–water partition coefficient (Wildman–Crippen LogP) is 6.05. The lowest BCUT2D eigenvalue weighted by Gasteiger charge is -2.32. The molecule has 0 unspecified atom stereocenters. The van der Waals surface area contributed by atoms with Crippen molar-refractivity contribution in [2.75, 3.05) is 17.4 Å². The Bertz CT molecular complexity index is 1380. The van der Waals surface area contributed by atoms with Gasteiger partial charge in [-0.05, 0) is 74.4 Å². The van der Waals surface area contributed by atoms with Crippen LogP contribution in [0.1, 0.15) is 37.8 Å². The molecule has 208 valence electrons. The molecule has 10 heteroatoms. The van der Waals surface area contributed by atoms with Crippen LogP contribution in [0.15, 0.2) is 86.6 Å². The molecule has 3 rings (SSSR count). The fourth-order valence-corrected chi connectivity index (χ4v) is 6.05. The number of hydrogen-bond donors (Lipinski definition) is 1. The maximum atomic E-state index is 13.9. The van der Waals surface area contributed by atoms with Gasteiger partial charge in [-0.15, -0.1) is 0 Å². The van der Waals surface area contributed by atoms with Gasteiger partial charge in [-0.2, -0.15) is 0 Å². The zero-order valence-corrected chi connectivity index (χ0v) is 26.2. The molecule has 0 fully saturated rings. The molecule has 2 amide bonds. The molecule has 0 spiro atoms. The molecule has 39 heavy (non-hydrogen) atoms. The number of nitrogens with one attached hydrogen (secondary N) is 1. The zero-order chi connectivity index (χ0) is 28.6. The van der Waals surface area contributed by atoms with Gasteiger partial charge in [0.05, 0.1) is 10.6 Å². The number of nitrogens with zero attached hydrogens (tertiary/aromatic N) is 2. The van der Waals surface area contributed by atoms with Crippen molar-refractivity contribution in [2.45, 2.75) is 51.1 Å². The topological polar surface area (TPSA) is 86.8 Å². The Kier molecular flexibility index (Phi) is 11.1. The van der Waals surface area contributed by atoms with E-state index < -0.39 is 28.5 Å². The van der Waals surface area contributed by atoms with Crippen molar-refractivity contribution in [1.82, 2.24) is 10.2 Å². The van der Waals surface area contributed by atoms with E-state index in [4.69, 9.17) is 0 Å². The van der Waals surface area contributed by atoms with E-state index in [-0.39, 0.29) is 17.3 Å². The van der Waals surface area contributed by atoms with Crippen LogP contribution in [0.3, 0.4) is 0 Å². The van der Waals surface area contributed by atoms with Gasteiger partial charge in [0.2, 0.25) is 11.8 Å². The van der Waals surface area contributed by atoms with Gasteiger partial charge < -0.3 is 10.2 Å². The van der Waals surface area contributed by atoms with Crippen LogP contribution in [0.2, 0.25) is 0 Å². The predicted molar refractivity (Wildman–Crippen MR) is 162 cm³/mol. The number of carbonyl (C=O) groups excluding carboxylic acids is 2. The SMILES string of the molecule is CCCCNC(=O)[C@@H](C)N(Cc1cccc(Br)c1)C(=O)CN(c1ccc(Br)cc1)S(=O)(=O)c1ccc(C)cc1. The van der Waals surface area contributed by atoms with Gasteiger partial charge in [0, 0.05) is 22.0 Å². The molecule has 3 aromatic carbocycles. The molecule has 1 atom stereocenters. The Balaban J connectivity index is 1.99. The monoisotopic (exact) mass is 677 g/mol. The third-order valence-corrected chi connectivity index (χ3v) is 9.05. The van der Waals surface area contributed by atoms with Gasteiger partial charge in [-0.3, -0.25) is 13.9 Å². The molecule has 1 N–H and O–H groups in total. The fraction of sp³-hybridized carbons (Fsp3) is 0.310. The summed E-state index contributed by atoms with van der Waals surface area (Å²) in [6, 6.07) is 19.9. The number of carbonyl (C=O) groups is 2. The Morgan fingerprint density at radius 3 is 2.23 bits per heavy atom. The lowest BCUT2D eigenvalue weighted by molar-refractivity contribution is -0.139. The van der Waals surface area contributed by atoms with E-state index in [9.17, 15) is 18.0 Å². The van der Waals surface area contributed by atoms with Crippen LogP contribution < -0.4 is 9.62 Å². The van der Waals surface area contributed by atoms with Crippen LogP contribution in [0.5, 0.6) is 0 Å². The summed E-state index contributed by atoms with van der Waals surface area (Å²) in [6.07, 6.45) is 1.75. The summed E-state index contributed by atoms with van der Waals surface area (Å²) in [7, 11) is -4.09. The fourth-order valence-electron chi connectivity index (χ4n) is 3.92. The normalized spacial score (nSPS) is 12.0. The summed E-state index contributed by atoms with van der Waals surface area (Å²) in [5, 5.41) is 2.89. The van der Waals surface area contributed by atoms with Crippen LogP contribution in [0, 0.1) is 6.92 Å². The highest BCUT2D eigenvalue weighted by molar-refractivity contribution is 9.10. The number of rotatable bonds is 12. The molecule has 0 saturated heterocycles. The lowest BCUT2D eigenvalue weighted by atomic mass is 10.1. The highest BCUT2D eigenvalue weighted by atomic mass is 79.9. The molecule has 7 nitrogen and oxygen atoms in total. The third kappa shape index (κ3) is 8.40. The standard InChI is InChI=1S/C29H33Br2N3O4S/c1-4-5-17-32-29(36)22(3)33(19-23-7-6-8-25(31)18-23)28(35)20-34(26-13-11-24(30)12-14-26)39(37,38)27-15-9-21(2)10-16-27/h6-16,18,22H,4-5,17,19-20H2,1-3H3,(H,32,36)/t22-/m1/s1. The Morgan fingerprint density at radius 1 is 0.949 bits per heavy atom. The number of unbranched alkanes of at least 4 members (excludes halogenated alkanes) is 1. The van der Waals surface area contributed by atoms with Gasteiger partial charge >= 0.3 is 0 Å². The summed E-state index contributed by atoms with van der Waals surface area (Å²) in [6.45, 7) is 5.74. The highest BCUT2D eigenvalue weighted by Crippen LogP contribution is 2.26. The number of aryl methyl sites for hydroxylation is 1. The first kappa shape index (κ1) is 30.8. The average molecular weight is 679 g/mol. The number of hydrogen-bond acceptors (Lipinski definition) is 4. The first-order valence-electron chi connectivity index (χ1n) is 12.7. The number of amides is 2. The number of sulfonamides is 1. The molecule has 0 bridgehead atoms. The van der Waals surface area contributed by atoms with Crippen molar-refractivity contribution < 1.29 is 18.0 Å². The summed E-state index contributed by atoms with van der Waals surface area (Å²) >= 11 is 6.84. The van der Waals surface area contributed by atoms with Gasteiger partial charge in [0.15, 0.2) is 0 Å². The maximum absolute atomic E-state index is 13.9. The van der Waals surface area contributed by atoms with Gasteiger partial charge in [0.25, 0.3) is 10.0 Å². The quantitative estimate of drug-likeness (QED) is 0.237. The highest BCUT2D eigenvalue weighted by Gasteiger charge is 2.32. The number of benzene rings is 3. The second-order valence-corrected chi connectivity index (χ2v) is 13.0. The maximum Gasteiger partial charge on any atom is 0.264 e. The minimum absolute atomic E-state index is 0.0766. The van der Waals surface area contributed by atoms with Crippen LogP contribution in [0.25, 0.3) is 0 Å². The van der Waals surface area contributed by atoms with E-state index in [1.54, 1.807) is 43.3 Å². The molecule has 0 saturated carbocycles. The molecule has 0 aliphatic rings. The first-order valence-corrected chi connectivity index (χ1v) is 15.7. The van der Waals surface area contributed by atoms with Gasteiger partial charge in [0.1, 0.15) is 12.6 Å². The minimum atomic E-state index is -4.09. The van der Waals surface area contributed by atoms with Crippen LogP contribution >= 0.6 is 31.9 Å². The van der Waals surface area contributed by atoms with Gasteiger partial charge in [-0.1, -0.05) is 75.0 Å². The Labute approximate surface area is 247 Å². The summed E-state index contributed by atoms with van der Waals surface area (Å²) in [5.41, 5.74) is 2.07. The van der Waals surface area contributed by atoms with Crippen LogP contribution in [0.4, 0.5) is 5.69 Å². The van der Waals surface area contributed by atoms with Crippen molar-refractivity contribution in [3.8, 4) is 0 Å². The van der Waals surface area contributed by atoms with Crippen molar-refractivity contribution >= 4 is 59.4 Å². The zero-order valence-electron chi connectivity index (χ0n) is 22.2. The Morgan fingerprint density at radius 2 is 1.62 bits per heavy atom. The molecular formula is C29H33Br2N3O4S.